The van der Waals surface area contributed by atoms with Gasteiger partial charge in [-0.2, -0.15) is 0 Å². The summed E-state index contributed by atoms with van der Waals surface area (Å²) in [5, 5.41) is 0.677. The fourth-order valence-corrected chi connectivity index (χ4v) is 5.31. The Bertz CT molecular complexity index is 1080. The van der Waals surface area contributed by atoms with Gasteiger partial charge in [-0.05, 0) is 57.9 Å². The van der Waals surface area contributed by atoms with Crippen molar-refractivity contribution in [2.75, 3.05) is 4.90 Å². The lowest BCUT2D eigenvalue weighted by Crippen LogP contribution is -2.29. The summed E-state index contributed by atoms with van der Waals surface area (Å²) in [4.78, 5) is 24.4. The Morgan fingerprint density at radius 2 is 2.00 bits per heavy atom. The van der Waals surface area contributed by atoms with Crippen molar-refractivity contribution in [2.45, 2.75) is 6.54 Å². The van der Waals surface area contributed by atoms with Crippen LogP contribution in [0.25, 0.3) is 10.2 Å². The minimum atomic E-state index is -0.0670. The molecule has 4 nitrogen and oxygen atoms in total. The first-order valence-corrected chi connectivity index (χ1v) is 10.8. The molecule has 0 atom stereocenters. The third-order valence-corrected chi connectivity index (χ3v) is 6.81. The molecule has 0 saturated carbocycles. The lowest BCUT2D eigenvalue weighted by atomic mass is 10.2. The lowest BCUT2D eigenvalue weighted by Gasteiger charge is -2.19. The Balaban J connectivity index is 1.76. The number of thiophene rings is 1. The van der Waals surface area contributed by atoms with Crippen LogP contribution in [0.4, 0.5) is 5.13 Å². The summed E-state index contributed by atoms with van der Waals surface area (Å²) < 4.78 is 2.95. The first-order valence-electron chi connectivity index (χ1n) is 7.62. The monoisotopic (exact) mass is 507 g/mol. The summed E-state index contributed by atoms with van der Waals surface area (Å²) in [6.45, 7) is 0.420. The standard InChI is InChI=1S/C18H11Br2N3OS2/c19-12-3-4-13-15(8-12)26-18(22-13)23(10-11-2-1-7-21-9-11)17(24)14-5-6-16(20)25-14/h1-9H,10H2. The number of rotatable bonds is 4. The number of halogens is 2. The maximum Gasteiger partial charge on any atom is 0.270 e. The van der Waals surface area contributed by atoms with Gasteiger partial charge in [0.15, 0.2) is 5.13 Å². The van der Waals surface area contributed by atoms with Crippen molar-refractivity contribution in [2.24, 2.45) is 0 Å². The number of carbonyl (C=O) groups excluding carboxylic acids is 1. The fraction of sp³-hybridized carbons (Fsp3) is 0.0556. The van der Waals surface area contributed by atoms with Crippen molar-refractivity contribution in [1.82, 2.24) is 9.97 Å². The van der Waals surface area contributed by atoms with Gasteiger partial charge in [-0.1, -0.05) is 33.3 Å². The predicted molar refractivity (Wildman–Crippen MR) is 114 cm³/mol. The van der Waals surface area contributed by atoms with Crippen LogP contribution in [-0.4, -0.2) is 15.9 Å². The molecule has 0 aliphatic carbocycles. The molecule has 0 aliphatic heterocycles. The minimum Gasteiger partial charge on any atom is -0.279 e. The van der Waals surface area contributed by atoms with E-state index in [9.17, 15) is 4.79 Å². The molecular formula is C18H11Br2N3OS2. The zero-order valence-electron chi connectivity index (χ0n) is 13.2. The highest BCUT2D eigenvalue weighted by molar-refractivity contribution is 9.11. The van der Waals surface area contributed by atoms with Crippen molar-refractivity contribution in [3.8, 4) is 0 Å². The molecule has 0 bridgehead atoms. The normalized spacial score (nSPS) is 11.0. The number of nitrogens with zero attached hydrogens (tertiary/aromatic N) is 3. The van der Waals surface area contributed by atoms with Crippen LogP contribution in [0.2, 0.25) is 0 Å². The molecule has 8 heteroatoms. The number of hydrogen-bond donors (Lipinski definition) is 0. The molecule has 3 aromatic heterocycles. The molecule has 4 aromatic rings. The predicted octanol–water partition coefficient (Wildman–Crippen LogP) is 6.12. The fourth-order valence-electron chi connectivity index (χ4n) is 2.46. The Labute approximate surface area is 174 Å². The van der Waals surface area contributed by atoms with Crippen molar-refractivity contribution in [3.63, 3.8) is 0 Å². The number of carbonyl (C=O) groups is 1. The molecule has 0 N–H and O–H groups in total. The smallest absolute Gasteiger partial charge is 0.270 e. The summed E-state index contributed by atoms with van der Waals surface area (Å²) in [6.07, 6.45) is 3.50. The van der Waals surface area contributed by atoms with E-state index in [1.807, 2.05) is 42.5 Å². The lowest BCUT2D eigenvalue weighted by molar-refractivity contribution is 0.0989. The first kappa shape index (κ1) is 17.8. The van der Waals surface area contributed by atoms with E-state index in [0.29, 0.717) is 16.6 Å². The number of thiazole rings is 1. The van der Waals surface area contributed by atoms with E-state index >= 15 is 0 Å². The molecule has 0 aliphatic rings. The number of aromatic nitrogens is 2. The summed E-state index contributed by atoms with van der Waals surface area (Å²) in [5.74, 6) is -0.0670. The second-order valence-electron chi connectivity index (χ2n) is 5.46. The van der Waals surface area contributed by atoms with Crippen LogP contribution in [0.15, 0.2) is 63.1 Å². The summed E-state index contributed by atoms with van der Waals surface area (Å²) in [5.41, 5.74) is 1.83. The van der Waals surface area contributed by atoms with Crippen LogP contribution < -0.4 is 4.90 Å². The number of fused-ring (bicyclic) bond motifs is 1. The van der Waals surface area contributed by atoms with Crippen molar-refractivity contribution < 1.29 is 4.79 Å². The molecule has 4 rings (SSSR count). The van der Waals surface area contributed by atoms with Crippen LogP contribution in [0.5, 0.6) is 0 Å². The average Bonchev–Trinajstić information content (AvgIpc) is 3.25. The van der Waals surface area contributed by atoms with Gasteiger partial charge in [0.25, 0.3) is 5.91 Å². The maximum atomic E-state index is 13.2. The SMILES string of the molecule is O=C(c1ccc(Br)s1)N(Cc1cccnc1)c1nc2ccc(Br)cc2s1. The van der Waals surface area contributed by atoms with Crippen LogP contribution in [0, 0.1) is 0 Å². The topological polar surface area (TPSA) is 46.1 Å². The van der Waals surface area contributed by atoms with E-state index in [2.05, 4.69) is 41.8 Å². The summed E-state index contributed by atoms with van der Waals surface area (Å²) in [6, 6.07) is 13.5. The van der Waals surface area contributed by atoms with E-state index in [0.717, 1.165) is 24.0 Å². The zero-order valence-corrected chi connectivity index (χ0v) is 18.0. The van der Waals surface area contributed by atoms with Crippen LogP contribution in [0.1, 0.15) is 15.2 Å². The van der Waals surface area contributed by atoms with Gasteiger partial charge in [0.05, 0.1) is 25.4 Å². The molecule has 0 spiro atoms. The van der Waals surface area contributed by atoms with E-state index in [4.69, 9.17) is 0 Å². The number of amides is 1. The summed E-state index contributed by atoms with van der Waals surface area (Å²) >= 11 is 9.84. The van der Waals surface area contributed by atoms with Gasteiger partial charge < -0.3 is 0 Å². The average molecular weight is 509 g/mol. The highest BCUT2D eigenvalue weighted by Gasteiger charge is 2.23. The quantitative estimate of drug-likeness (QED) is 0.333. The number of anilines is 1. The van der Waals surface area contributed by atoms with Crippen molar-refractivity contribution in [3.05, 3.63) is 73.6 Å². The van der Waals surface area contributed by atoms with E-state index in [-0.39, 0.29) is 5.91 Å². The number of benzene rings is 1. The number of hydrogen-bond acceptors (Lipinski definition) is 5. The van der Waals surface area contributed by atoms with Crippen LogP contribution >= 0.6 is 54.5 Å². The Hall–Kier alpha value is -1.61. The Morgan fingerprint density at radius 1 is 1.12 bits per heavy atom. The van der Waals surface area contributed by atoms with Crippen LogP contribution in [0.3, 0.4) is 0 Å². The largest absolute Gasteiger partial charge is 0.279 e. The molecule has 0 radical (unpaired) electrons. The maximum absolute atomic E-state index is 13.2. The molecule has 130 valence electrons. The second kappa shape index (κ2) is 7.56. The Kier molecular flexibility index (Phi) is 5.17. The molecule has 1 amide bonds. The van der Waals surface area contributed by atoms with Gasteiger partial charge in [0, 0.05) is 16.9 Å². The van der Waals surface area contributed by atoms with Gasteiger partial charge in [0.2, 0.25) is 0 Å². The van der Waals surface area contributed by atoms with Crippen molar-refractivity contribution in [1.29, 1.82) is 0 Å². The molecule has 3 heterocycles. The van der Waals surface area contributed by atoms with Gasteiger partial charge in [-0.15, -0.1) is 11.3 Å². The highest BCUT2D eigenvalue weighted by Crippen LogP contribution is 2.33. The molecular weight excluding hydrogens is 498 g/mol. The third-order valence-electron chi connectivity index (χ3n) is 3.66. The molecule has 0 unspecified atom stereocenters. The first-order chi connectivity index (χ1) is 12.6. The third kappa shape index (κ3) is 3.73. The molecule has 1 aromatic carbocycles. The molecule has 26 heavy (non-hydrogen) atoms. The van der Waals surface area contributed by atoms with Gasteiger partial charge in [0.1, 0.15) is 0 Å². The molecule has 0 fully saturated rings. The van der Waals surface area contributed by atoms with Gasteiger partial charge >= 0.3 is 0 Å². The second-order valence-corrected chi connectivity index (χ2v) is 9.85. The van der Waals surface area contributed by atoms with E-state index < -0.39 is 0 Å². The van der Waals surface area contributed by atoms with E-state index in [1.165, 1.54) is 22.7 Å². The summed E-state index contributed by atoms with van der Waals surface area (Å²) in [7, 11) is 0. The van der Waals surface area contributed by atoms with Crippen LogP contribution in [-0.2, 0) is 6.54 Å². The Morgan fingerprint density at radius 3 is 2.73 bits per heavy atom. The van der Waals surface area contributed by atoms with Crippen molar-refractivity contribution >= 4 is 75.8 Å². The van der Waals surface area contributed by atoms with Gasteiger partial charge in [-0.25, -0.2) is 4.98 Å². The van der Waals surface area contributed by atoms with E-state index in [1.54, 1.807) is 17.3 Å². The van der Waals surface area contributed by atoms with Gasteiger partial charge in [-0.3, -0.25) is 14.7 Å². The molecule has 0 saturated heterocycles. The number of pyridine rings is 1. The zero-order chi connectivity index (χ0) is 18.1. The minimum absolute atomic E-state index is 0.0670. The highest BCUT2D eigenvalue weighted by atomic mass is 79.9.